The lowest BCUT2D eigenvalue weighted by molar-refractivity contribution is -0.385. The molecule has 1 heterocycles. The van der Waals surface area contributed by atoms with E-state index in [0.717, 1.165) is 12.8 Å². The molecule has 1 aliphatic heterocycles. The van der Waals surface area contributed by atoms with Gasteiger partial charge in [-0.05, 0) is 25.0 Å². The fraction of sp³-hybridized carbons (Fsp3) is 0.438. The topological polar surface area (TPSA) is 86.9 Å². The van der Waals surface area contributed by atoms with Crippen LogP contribution in [0.5, 0.6) is 0 Å². The predicted octanol–water partition coefficient (Wildman–Crippen LogP) is 1.82. The molecule has 1 fully saturated rings. The van der Waals surface area contributed by atoms with Gasteiger partial charge in [0.05, 0.1) is 11.5 Å². The summed E-state index contributed by atoms with van der Waals surface area (Å²) in [4.78, 5) is 26.8. The van der Waals surface area contributed by atoms with Gasteiger partial charge in [0.2, 0.25) is 0 Å². The van der Waals surface area contributed by atoms with Crippen molar-refractivity contribution in [3.63, 3.8) is 0 Å². The minimum Gasteiger partial charge on any atom is -0.395 e. The van der Waals surface area contributed by atoms with Crippen LogP contribution in [0.2, 0.25) is 0 Å². The number of carbonyl (C=O) groups excluding carboxylic acids is 1. The number of nitro benzene ring substituents is 1. The summed E-state index contributed by atoms with van der Waals surface area (Å²) in [5.41, 5.74) is 0.571. The number of likely N-dealkylation sites (tertiary alicyclic amines) is 1. The predicted molar refractivity (Wildman–Crippen MR) is 87.7 cm³/mol. The average molecular weight is 319 g/mol. The van der Waals surface area contributed by atoms with Gasteiger partial charge in [-0.3, -0.25) is 14.9 Å². The molecule has 0 aromatic heterocycles. The van der Waals surface area contributed by atoms with E-state index in [0.29, 0.717) is 31.9 Å². The molecule has 0 saturated carbocycles. The molecule has 0 atom stereocenters. The Morgan fingerprint density at radius 1 is 1.43 bits per heavy atom. The van der Waals surface area contributed by atoms with Crippen LogP contribution >= 0.6 is 0 Å². The van der Waals surface area contributed by atoms with E-state index in [1.165, 1.54) is 12.1 Å². The Labute approximate surface area is 135 Å². The number of nitrogens with zero attached hydrogens (tertiary/aromatic N) is 3. The number of benzene rings is 1. The van der Waals surface area contributed by atoms with E-state index < -0.39 is 4.92 Å². The van der Waals surface area contributed by atoms with E-state index in [2.05, 4.69) is 6.58 Å². The standard InChI is InChI=1S/C16H21N3O4/c1-2-7-17(10-11-20)13-5-6-15(19(22)23)14(12-13)16(21)18-8-3-4-9-18/h2,5-6,12,20H,1,3-4,7-11H2. The molecule has 23 heavy (non-hydrogen) atoms. The van der Waals surface area contributed by atoms with Crippen molar-refractivity contribution in [2.75, 3.05) is 37.7 Å². The molecule has 0 aliphatic carbocycles. The number of nitro groups is 1. The molecule has 1 aromatic rings. The molecule has 7 nitrogen and oxygen atoms in total. The van der Waals surface area contributed by atoms with Gasteiger partial charge in [-0.1, -0.05) is 6.08 Å². The summed E-state index contributed by atoms with van der Waals surface area (Å²) in [6, 6.07) is 4.49. The molecule has 0 radical (unpaired) electrons. The first-order valence-electron chi connectivity index (χ1n) is 7.63. The van der Waals surface area contributed by atoms with Gasteiger partial charge in [-0.15, -0.1) is 6.58 Å². The Morgan fingerprint density at radius 3 is 2.70 bits per heavy atom. The van der Waals surface area contributed by atoms with Crippen LogP contribution in [0, 0.1) is 10.1 Å². The molecular formula is C16H21N3O4. The first-order chi connectivity index (χ1) is 11.1. The highest BCUT2D eigenvalue weighted by Gasteiger charge is 2.27. The molecule has 1 aromatic carbocycles. The lowest BCUT2D eigenvalue weighted by Gasteiger charge is -2.23. The molecule has 124 valence electrons. The fourth-order valence-corrected chi connectivity index (χ4v) is 2.74. The number of aliphatic hydroxyl groups is 1. The summed E-state index contributed by atoms with van der Waals surface area (Å²) in [6.45, 7) is 5.72. The van der Waals surface area contributed by atoms with Crippen LogP contribution in [0.4, 0.5) is 11.4 Å². The second-order valence-electron chi connectivity index (χ2n) is 5.42. The van der Waals surface area contributed by atoms with Crippen molar-refractivity contribution < 1.29 is 14.8 Å². The Kier molecular flexibility index (Phi) is 5.70. The number of aliphatic hydroxyl groups excluding tert-OH is 1. The molecule has 1 N–H and O–H groups in total. The molecule has 1 aliphatic rings. The van der Waals surface area contributed by atoms with Crippen molar-refractivity contribution in [3.8, 4) is 0 Å². The van der Waals surface area contributed by atoms with Crippen molar-refractivity contribution in [1.29, 1.82) is 0 Å². The Bertz CT molecular complexity index is 597. The molecule has 0 bridgehead atoms. The van der Waals surface area contributed by atoms with Gasteiger partial charge in [-0.25, -0.2) is 0 Å². The SMILES string of the molecule is C=CCN(CCO)c1ccc([N+](=O)[O-])c(C(=O)N2CCCC2)c1. The third-order valence-corrected chi connectivity index (χ3v) is 3.89. The smallest absolute Gasteiger partial charge is 0.282 e. The largest absolute Gasteiger partial charge is 0.395 e. The second-order valence-corrected chi connectivity index (χ2v) is 5.42. The minimum absolute atomic E-state index is 0.0553. The Hall–Kier alpha value is -2.41. The van der Waals surface area contributed by atoms with Crippen LogP contribution < -0.4 is 4.90 Å². The summed E-state index contributed by atoms with van der Waals surface area (Å²) in [5.74, 6) is -0.307. The number of hydrogen-bond donors (Lipinski definition) is 1. The Balaban J connectivity index is 2.39. The molecule has 0 spiro atoms. The Morgan fingerprint density at radius 2 is 2.13 bits per heavy atom. The van der Waals surface area contributed by atoms with Crippen LogP contribution in [-0.4, -0.2) is 53.6 Å². The molecule has 7 heteroatoms. The number of rotatable bonds is 7. The maximum absolute atomic E-state index is 12.6. The molecule has 1 amide bonds. The monoisotopic (exact) mass is 319 g/mol. The average Bonchev–Trinajstić information content (AvgIpc) is 3.07. The quantitative estimate of drug-likeness (QED) is 0.470. The van der Waals surface area contributed by atoms with Gasteiger partial charge in [0.15, 0.2) is 0 Å². The normalized spacial score (nSPS) is 13.9. The van der Waals surface area contributed by atoms with Crippen molar-refractivity contribution >= 4 is 17.3 Å². The summed E-state index contributed by atoms with van der Waals surface area (Å²) >= 11 is 0. The van der Waals surface area contributed by atoms with E-state index in [1.54, 1.807) is 17.0 Å². The second kappa shape index (κ2) is 7.73. The third-order valence-electron chi connectivity index (χ3n) is 3.89. The van der Waals surface area contributed by atoms with E-state index in [1.807, 2.05) is 4.90 Å². The highest BCUT2D eigenvalue weighted by molar-refractivity contribution is 5.99. The first-order valence-corrected chi connectivity index (χ1v) is 7.63. The highest BCUT2D eigenvalue weighted by atomic mass is 16.6. The van der Waals surface area contributed by atoms with Crippen molar-refractivity contribution in [2.24, 2.45) is 0 Å². The van der Waals surface area contributed by atoms with Gasteiger partial charge in [-0.2, -0.15) is 0 Å². The van der Waals surface area contributed by atoms with Gasteiger partial charge in [0, 0.05) is 37.9 Å². The zero-order valence-electron chi connectivity index (χ0n) is 13.0. The zero-order chi connectivity index (χ0) is 16.8. The van der Waals surface area contributed by atoms with Crippen molar-refractivity contribution in [2.45, 2.75) is 12.8 Å². The van der Waals surface area contributed by atoms with Gasteiger partial charge < -0.3 is 14.9 Å². The number of carbonyl (C=O) groups is 1. The van der Waals surface area contributed by atoms with Crippen LogP contribution in [-0.2, 0) is 0 Å². The van der Waals surface area contributed by atoms with Crippen LogP contribution in [0.1, 0.15) is 23.2 Å². The van der Waals surface area contributed by atoms with E-state index in [9.17, 15) is 14.9 Å². The summed E-state index contributed by atoms with van der Waals surface area (Å²) < 4.78 is 0. The summed E-state index contributed by atoms with van der Waals surface area (Å²) in [5, 5.41) is 20.4. The van der Waals surface area contributed by atoms with Crippen LogP contribution in [0.15, 0.2) is 30.9 Å². The van der Waals surface area contributed by atoms with E-state index in [-0.39, 0.29) is 23.8 Å². The number of amides is 1. The lowest BCUT2D eigenvalue weighted by atomic mass is 10.1. The molecular weight excluding hydrogens is 298 g/mol. The summed E-state index contributed by atoms with van der Waals surface area (Å²) in [6.07, 6.45) is 3.53. The maximum Gasteiger partial charge on any atom is 0.282 e. The van der Waals surface area contributed by atoms with Crippen molar-refractivity contribution in [1.82, 2.24) is 4.90 Å². The van der Waals surface area contributed by atoms with Crippen LogP contribution in [0.25, 0.3) is 0 Å². The molecule has 1 saturated heterocycles. The zero-order valence-corrected chi connectivity index (χ0v) is 13.0. The fourth-order valence-electron chi connectivity index (χ4n) is 2.74. The summed E-state index contributed by atoms with van der Waals surface area (Å²) in [7, 11) is 0. The van der Waals surface area contributed by atoms with Gasteiger partial charge in [0.25, 0.3) is 11.6 Å². The lowest BCUT2D eigenvalue weighted by Crippen LogP contribution is -2.30. The maximum atomic E-state index is 12.6. The highest BCUT2D eigenvalue weighted by Crippen LogP contribution is 2.27. The van der Waals surface area contributed by atoms with Gasteiger partial charge in [0.1, 0.15) is 5.56 Å². The van der Waals surface area contributed by atoms with Gasteiger partial charge >= 0.3 is 0 Å². The minimum atomic E-state index is -0.531. The number of hydrogen-bond acceptors (Lipinski definition) is 5. The van der Waals surface area contributed by atoms with E-state index in [4.69, 9.17) is 5.11 Å². The van der Waals surface area contributed by atoms with E-state index >= 15 is 0 Å². The number of anilines is 1. The first kappa shape index (κ1) is 17.0. The third kappa shape index (κ3) is 3.87. The van der Waals surface area contributed by atoms with Crippen LogP contribution in [0.3, 0.4) is 0 Å². The molecule has 2 rings (SSSR count). The molecule has 0 unspecified atom stereocenters. The van der Waals surface area contributed by atoms with Crippen molar-refractivity contribution in [3.05, 3.63) is 46.5 Å².